The van der Waals surface area contributed by atoms with Gasteiger partial charge in [-0.15, -0.1) is 0 Å². The summed E-state index contributed by atoms with van der Waals surface area (Å²) in [5.74, 6) is 0.667. The molecule has 0 atom stereocenters. The van der Waals surface area contributed by atoms with E-state index in [1.165, 1.54) is 5.56 Å². The van der Waals surface area contributed by atoms with Crippen molar-refractivity contribution >= 4 is 17.5 Å². The van der Waals surface area contributed by atoms with Crippen molar-refractivity contribution in [3.8, 4) is 0 Å². The van der Waals surface area contributed by atoms with Crippen molar-refractivity contribution in [3.05, 3.63) is 29.8 Å². The normalized spacial score (nSPS) is 22.1. The van der Waals surface area contributed by atoms with E-state index in [0.29, 0.717) is 26.3 Å². The van der Waals surface area contributed by atoms with Gasteiger partial charge in [0.15, 0.2) is 0 Å². The maximum absolute atomic E-state index is 12.9. The third kappa shape index (κ3) is 3.30. The molecular weight excluding hydrogens is 316 g/mol. The average molecular weight is 342 g/mol. The Kier molecular flexibility index (Phi) is 4.75. The third-order valence-electron chi connectivity index (χ3n) is 5.88. The molecular formula is C20H26N2O3. The zero-order chi connectivity index (χ0) is 17.2. The number of rotatable bonds is 2. The van der Waals surface area contributed by atoms with E-state index in [0.717, 1.165) is 44.3 Å². The van der Waals surface area contributed by atoms with Crippen LogP contribution in [0.2, 0.25) is 0 Å². The van der Waals surface area contributed by atoms with Gasteiger partial charge in [0.05, 0.1) is 0 Å². The number of hydrogen-bond donors (Lipinski definition) is 0. The molecule has 5 nitrogen and oxygen atoms in total. The standard InChI is InChI=1S/C20H26N2O3/c23-19(17-8-13-25-14-9-17)21-10-5-16(6-11-21)20(24)22-12-7-15-3-1-2-4-18(15)22/h1-4,16-17H,5-14H2. The Hall–Kier alpha value is -1.88. The van der Waals surface area contributed by atoms with Crippen LogP contribution in [-0.4, -0.2) is 49.6 Å². The van der Waals surface area contributed by atoms with E-state index >= 15 is 0 Å². The molecule has 0 aromatic heterocycles. The number of piperidine rings is 1. The summed E-state index contributed by atoms with van der Waals surface area (Å²) in [5, 5.41) is 0. The van der Waals surface area contributed by atoms with E-state index in [4.69, 9.17) is 4.74 Å². The number of ether oxygens (including phenoxy) is 1. The Balaban J connectivity index is 1.34. The number of nitrogens with zero attached hydrogens (tertiary/aromatic N) is 2. The summed E-state index contributed by atoms with van der Waals surface area (Å²) in [7, 11) is 0. The smallest absolute Gasteiger partial charge is 0.230 e. The van der Waals surface area contributed by atoms with Crippen LogP contribution in [0.3, 0.4) is 0 Å². The molecule has 0 saturated carbocycles. The maximum Gasteiger partial charge on any atom is 0.230 e. The zero-order valence-corrected chi connectivity index (χ0v) is 14.7. The zero-order valence-electron chi connectivity index (χ0n) is 14.7. The summed E-state index contributed by atoms with van der Waals surface area (Å²) >= 11 is 0. The monoisotopic (exact) mass is 342 g/mol. The second-order valence-corrected chi connectivity index (χ2v) is 7.35. The van der Waals surface area contributed by atoms with Crippen LogP contribution < -0.4 is 4.90 Å². The van der Waals surface area contributed by atoms with Gasteiger partial charge in [0.2, 0.25) is 11.8 Å². The van der Waals surface area contributed by atoms with E-state index in [-0.39, 0.29) is 23.7 Å². The predicted octanol–water partition coefficient (Wildman–Crippen LogP) is 2.24. The molecule has 0 radical (unpaired) electrons. The van der Waals surface area contributed by atoms with Gasteiger partial charge in [-0.1, -0.05) is 18.2 Å². The third-order valence-corrected chi connectivity index (χ3v) is 5.88. The number of anilines is 1. The molecule has 134 valence electrons. The van der Waals surface area contributed by atoms with Crippen LogP contribution in [0.5, 0.6) is 0 Å². The Morgan fingerprint density at radius 2 is 1.56 bits per heavy atom. The summed E-state index contributed by atoms with van der Waals surface area (Å²) in [6.45, 7) is 3.60. The number of hydrogen-bond acceptors (Lipinski definition) is 3. The predicted molar refractivity (Wildman–Crippen MR) is 95.3 cm³/mol. The van der Waals surface area contributed by atoms with Gasteiger partial charge in [-0.25, -0.2) is 0 Å². The van der Waals surface area contributed by atoms with E-state index in [2.05, 4.69) is 6.07 Å². The van der Waals surface area contributed by atoms with E-state index in [1.54, 1.807) is 0 Å². The molecule has 0 spiro atoms. The Morgan fingerprint density at radius 3 is 2.32 bits per heavy atom. The van der Waals surface area contributed by atoms with Gasteiger partial charge in [-0.3, -0.25) is 9.59 Å². The fraction of sp³-hybridized carbons (Fsp3) is 0.600. The molecule has 25 heavy (non-hydrogen) atoms. The molecule has 0 bridgehead atoms. The molecule has 4 rings (SSSR count). The molecule has 1 aromatic rings. The quantitative estimate of drug-likeness (QED) is 0.828. The Morgan fingerprint density at radius 1 is 0.880 bits per heavy atom. The molecule has 2 saturated heterocycles. The average Bonchev–Trinajstić information content (AvgIpc) is 3.12. The number of carbonyl (C=O) groups is 2. The highest BCUT2D eigenvalue weighted by atomic mass is 16.5. The van der Waals surface area contributed by atoms with Crippen molar-refractivity contribution in [1.29, 1.82) is 0 Å². The summed E-state index contributed by atoms with van der Waals surface area (Å²) in [6.07, 6.45) is 4.19. The molecule has 2 fully saturated rings. The van der Waals surface area contributed by atoms with Gasteiger partial charge >= 0.3 is 0 Å². The second-order valence-electron chi connectivity index (χ2n) is 7.35. The van der Waals surface area contributed by atoms with E-state index in [9.17, 15) is 9.59 Å². The summed E-state index contributed by atoms with van der Waals surface area (Å²) < 4.78 is 5.35. The number of carbonyl (C=O) groups excluding carboxylic acids is 2. The molecule has 0 aliphatic carbocycles. The number of benzene rings is 1. The highest BCUT2D eigenvalue weighted by molar-refractivity contribution is 5.97. The lowest BCUT2D eigenvalue weighted by atomic mass is 9.92. The van der Waals surface area contributed by atoms with Crippen LogP contribution in [0, 0.1) is 11.8 Å². The topological polar surface area (TPSA) is 49.9 Å². The number of likely N-dealkylation sites (tertiary alicyclic amines) is 1. The minimum absolute atomic E-state index is 0.0462. The minimum Gasteiger partial charge on any atom is -0.381 e. The Labute approximate surface area is 148 Å². The van der Waals surface area contributed by atoms with Crippen LogP contribution >= 0.6 is 0 Å². The van der Waals surface area contributed by atoms with Crippen LogP contribution in [0.15, 0.2) is 24.3 Å². The first-order chi connectivity index (χ1) is 12.2. The van der Waals surface area contributed by atoms with Gasteiger partial charge in [-0.05, 0) is 43.7 Å². The summed E-state index contributed by atoms with van der Waals surface area (Å²) in [4.78, 5) is 29.5. The van der Waals surface area contributed by atoms with Crippen molar-refractivity contribution in [2.75, 3.05) is 37.7 Å². The van der Waals surface area contributed by atoms with Crippen LogP contribution in [0.25, 0.3) is 0 Å². The SMILES string of the molecule is O=C(C1CCOCC1)N1CCC(C(=O)N2CCc3ccccc32)CC1. The van der Waals surface area contributed by atoms with Crippen molar-refractivity contribution in [2.45, 2.75) is 32.1 Å². The van der Waals surface area contributed by atoms with Crippen molar-refractivity contribution in [1.82, 2.24) is 4.90 Å². The summed E-state index contributed by atoms with van der Waals surface area (Å²) in [6, 6.07) is 8.19. The van der Waals surface area contributed by atoms with Crippen LogP contribution in [0.4, 0.5) is 5.69 Å². The molecule has 0 N–H and O–H groups in total. The highest BCUT2D eigenvalue weighted by Crippen LogP contribution is 2.31. The van der Waals surface area contributed by atoms with Crippen LogP contribution in [0.1, 0.15) is 31.2 Å². The highest BCUT2D eigenvalue weighted by Gasteiger charge is 2.35. The fourth-order valence-electron chi connectivity index (χ4n) is 4.34. The van der Waals surface area contributed by atoms with E-state index < -0.39 is 0 Å². The van der Waals surface area contributed by atoms with Gasteiger partial charge in [0, 0.05) is 50.4 Å². The fourth-order valence-corrected chi connectivity index (χ4v) is 4.34. The van der Waals surface area contributed by atoms with Crippen LogP contribution in [-0.2, 0) is 20.7 Å². The minimum atomic E-state index is 0.0462. The number of amides is 2. The van der Waals surface area contributed by atoms with Crippen molar-refractivity contribution < 1.29 is 14.3 Å². The lowest BCUT2D eigenvalue weighted by Gasteiger charge is -2.35. The first kappa shape index (κ1) is 16.6. The molecule has 3 aliphatic rings. The summed E-state index contributed by atoms with van der Waals surface area (Å²) in [5.41, 5.74) is 2.34. The Bertz CT molecular complexity index is 646. The second kappa shape index (κ2) is 7.16. The number of para-hydroxylation sites is 1. The lowest BCUT2D eigenvalue weighted by Crippen LogP contribution is -2.46. The van der Waals surface area contributed by atoms with Crippen molar-refractivity contribution in [3.63, 3.8) is 0 Å². The van der Waals surface area contributed by atoms with Gasteiger partial charge in [0.1, 0.15) is 0 Å². The van der Waals surface area contributed by atoms with Gasteiger partial charge in [-0.2, -0.15) is 0 Å². The molecule has 3 heterocycles. The molecule has 0 unspecified atom stereocenters. The first-order valence-corrected chi connectivity index (χ1v) is 9.50. The maximum atomic E-state index is 12.9. The molecule has 2 amide bonds. The largest absolute Gasteiger partial charge is 0.381 e. The number of fused-ring (bicyclic) bond motifs is 1. The molecule has 5 heteroatoms. The first-order valence-electron chi connectivity index (χ1n) is 9.50. The van der Waals surface area contributed by atoms with Crippen molar-refractivity contribution in [2.24, 2.45) is 11.8 Å². The van der Waals surface area contributed by atoms with Gasteiger partial charge in [0.25, 0.3) is 0 Å². The lowest BCUT2D eigenvalue weighted by molar-refractivity contribution is -0.141. The molecule has 3 aliphatic heterocycles. The van der Waals surface area contributed by atoms with Gasteiger partial charge < -0.3 is 14.5 Å². The van der Waals surface area contributed by atoms with E-state index in [1.807, 2.05) is 28.0 Å². The molecule has 1 aromatic carbocycles.